The summed E-state index contributed by atoms with van der Waals surface area (Å²) in [6.45, 7) is 3.72. The molecule has 2 rings (SSSR count). The highest BCUT2D eigenvalue weighted by Gasteiger charge is 2.40. The lowest BCUT2D eigenvalue weighted by atomic mass is 10.2. The second kappa shape index (κ2) is 5.55. The largest absolute Gasteiger partial charge is 0.461 e. The topological polar surface area (TPSA) is 108 Å². The van der Waals surface area contributed by atoms with Gasteiger partial charge < -0.3 is 15.0 Å². The van der Waals surface area contributed by atoms with Crippen LogP contribution < -0.4 is 5.73 Å². The van der Waals surface area contributed by atoms with Crippen molar-refractivity contribution in [1.29, 1.82) is 0 Å². The van der Waals surface area contributed by atoms with E-state index in [1.165, 1.54) is 11.6 Å². The van der Waals surface area contributed by atoms with Crippen LogP contribution in [-0.4, -0.2) is 45.9 Å². The van der Waals surface area contributed by atoms with E-state index in [2.05, 4.69) is 4.98 Å². The Labute approximate surface area is 121 Å². The third kappa shape index (κ3) is 2.37. The highest BCUT2D eigenvalue weighted by molar-refractivity contribution is 6.04. The van der Waals surface area contributed by atoms with Crippen LogP contribution in [-0.2, 0) is 20.7 Å². The standard InChI is InChI=1S/C13H18N4O4/c1-4-8-15-10(13(20)21-5-2)11(14)17(8)7-6-9(18)16(3)12(7)19/h7H,4-6,14H2,1-3H3. The molecule has 0 saturated carbocycles. The van der Waals surface area contributed by atoms with Crippen LogP contribution in [0, 0.1) is 0 Å². The smallest absolute Gasteiger partial charge is 0.360 e. The first-order valence-corrected chi connectivity index (χ1v) is 6.76. The Morgan fingerprint density at radius 3 is 2.57 bits per heavy atom. The first kappa shape index (κ1) is 15.0. The summed E-state index contributed by atoms with van der Waals surface area (Å²) in [5, 5.41) is 0. The molecule has 1 aliphatic rings. The third-order valence-corrected chi connectivity index (χ3v) is 3.48. The molecule has 2 amide bonds. The number of nitrogens with zero attached hydrogens (tertiary/aromatic N) is 3. The van der Waals surface area contributed by atoms with Crippen molar-refractivity contribution < 1.29 is 19.1 Å². The zero-order valence-corrected chi connectivity index (χ0v) is 12.3. The summed E-state index contributed by atoms with van der Waals surface area (Å²) in [5.74, 6) is -0.718. The second-order valence-electron chi connectivity index (χ2n) is 4.72. The molecule has 1 fully saturated rings. The average Bonchev–Trinajstić information content (AvgIpc) is 2.91. The van der Waals surface area contributed by atoms with E-state index in [4.69, 9.17) is 10.5 Å². The Kier molecular flexibility index (Phi) is 3.97. The number of aromatic nitrogens is 2. The fourth-order valence-electron chi connectivity index (χ4n) is 2.38. The molecule has 0 bridgehead atoms. The normalized spacial score (nSPS) is 18.4. The fraction of sp³-hybridized carbons (Fsp3) is 0.538. The van der Waals surface area contributed by atoms with Gasteiger partial charge >= 0.3 is 5.97 Å². The van der Waals surface area contributed by atoms with Crippen LogP contribution in [0.1, 0.15) is 42.6 Å². The summed E-state index contributed by atoms with van der Waals surface area (Å²) < 4.78 is 6.36. The summed E-state index contributed by atoms with van der Waals surface area (Å²) in [5.41, 5.74) is 5.95. The summed E-state index contributed by atoms with van der Waals surface area (Å²) in [4.78, 5) is 40.8. The van der Waals surface area contributed by atoms with Gasteiger partial charge in [0.05, 0.1) is 13.0 Å². The van der Waals surface area contributed by atoms with E-state index in [9.17, 15) is 14.4 Å². The number of esters is 1. The Morgan fingerprint density at radius 1 is 1.43 bits per heavy atom. The van der Waals surface area contributed by atoms with Gasteiger partial charge in [-0.3, -0.25) is 14.5 Å². The van der Waals surface area contributed by atoms with Gasteiger partial charge in [0.15, 0.2) is 5.69 Å². The number of likely N-dealkylation sites (N-methyl/N-ethyl adjacent to an activating group) is 1. The summed E-state index contributed by atoms with van der Waals surface area (Å²) in [6, 6.07) is -0.742. The molecule has 0 aromatic carbocycles. The maximum Gasteiger partial charge on any atom is 0.360 e. The maximum atomic E-state index is 12.1. The number of nitrogens with two attached hydrogens (primary N) is 1. The van der Waals surface area contributed by atoms with Crippen LogP contribution in [0.15, 0.2) is 0 Å². The minimum atomic E-state index is -0.742. The molecule has 1 aliphatic heterocycles. The van der Waals surface area contributed by atoms with Gasteiger partial charge in [0.1, 0.15) is 17.7 Å². The van der Waals surface area contributed by atoms with Gasteiger partial charge in [-0.15, -0.1) is 0 Å². The number of rotatable bonds is 4. The van der Waals surface area contributed by atoms with Gasteiger partial charge in [-0.2, -0.15) is 0 Å². The molecule has 1 saturated heterocycles. The molecule has 21 heavy (non-hydrogen) atoms. The molecule has 1 atom stereocenters. The minimum absolute atomic E-state index is 0.0106. The van der Waals surface area contributed by atoms with Crippen LogP contribution in [0.5, 0.6) is 0 Å². The molecule has 8 heteroatoms. The molecule has 1 unspecified atom stereocenters. The number of hydrogen-bond donors (Lipinski definition) is 1. The van der Waals surface area contributed by atoms with Gasteiger partial charge in [0.25, 0.3) is 5.91 Å². The number of hydrogen-bond acceptors (Lipinski definition) is 6. The molecule has 2 heterocycles. The van der Waals surface area contributed by atoms with Crippen LogP contribution >= 0.6 is 0 Å². The number of ether oxygens (including phenoxy) is 1. The number of imidazole rings is 1. The average molecular weight is 294 g/mol. The summed E-state index contributed by atoms with van der Waals surface area (Å²) in [7, 11) is 1.43. The number of nitrogen functional groups attached to an aromatic ring is 1. The molecule has 2 N–H and O–H groups in total. The van der Waals surface area contributed by atoms with Gasteiger partial charge in [0, 0.05) is 13.5 Å². The van der Waals surface area contributed by atoms with Crippen LogP contribution in [0.3, 0.4) is 0 Å². The Balaban J connectivity index is 2.47. The zero-order valence-electron chi connectivity index (χ0n) is 12.3. The van der Waals surface area contributed by atoms with Crippen molar-refractivity contribution in [1.82, 2.24) is 14.5 Å². The number of aryl methyl sites for hydroxylation is 1. The SMILES string of the molecule is CCOC(=O)c1nc(CC)n(C2CC(=O)N(C)C2=O)c1N. The van der Waals surface area contributed by atoms with E-state index >= 15 is 0 Å². The van der Waals surface area contributed by atoms with Crippen molar-refractivity contribution in [3.63, 3.8) is 0 Å². The molecule has 0 spiro atoms. The Morgan fingerprint density at radius 2 is 2.10 bits per heavy atom. The molecule has 1 aromatic rings. The molecule has 0 radical (unpaired) electrons. The molecule has 0 aliphatic carbocycles. The van der Waals surface area contributed by atoms with E-state index < -0.39 is 12.0 Å². The van der Waals surface area contributed by atoms with E-state index in [1.807, 2.05) is 6.92 Å². The lowest BCUT2D eigenvalue weighted by Gasteiger charge is -2.14. The lowest BCUT2D eigenvalue weighted by Crippen LogP contribution is -2.28. The first-order chi connectivity index (χ1) is 9.92. The quantitative estimate of drug-likeness (QED) is 0.625. The monoisotopic (exact) mass is 294 g/mol. The second-order valence-corrected chi connectivity index (χ2v) is 4.72. The molecule has 8 nitrogen and oxygen atoms in total. The zero-order chi connectivity index (χ0) is 15.7. The van der Waals surface area contributed by atoms with Crippen molar-refractivity contribution in [2.45, 2.75) is 32.7 Å². The van der Waals surface area contributed by atoms with Crippen LogP contribution in [0.2, 0.25) is 0 Å². The van der Waals surface area contributed by atoms with E-state index in [-0.39, 0.29) is 36.4 Å². The van der Waals surface area contributed by atoms with Crippen LogP contribution in [0.4, 0.5) is 5.82 Å². The number of likely N-dealkylation sites (tertiary alicyclic amines) is 1. The van der Waals surface area contributed by atoms with Crippen LogP contribution in [0.25, 0.3) is 0 Å². The van der Waals surface area contributed by atoms with Gasteiger partial charge in [-0.05, 0) is 6.92 Å². The highest BCUT2D eigenvalue weighted by Crippen LogP contribution is 2.29. The van der Waals surface area contributed by atoms with E-state index in [0.29, 0.717) is 12.2 Å². The fourth-order valence-corrected chi connectivity index (χ4v) is 2.38. The number of imide groups is 1. The van der Waals surface area contributed by atoms with Crippen molar-refractivity contribution >= 4 is 23.6 Å². The Hall–Kier alpha value is -2.38. The van der Waals surface area contributed by atoms with Crippen molar-refractivity contribution in [2.24, 2.45) is 0 Å². The van der Waals surface area contributed by atoms with Crippen molar-refractivity contribution in [2.75, 3.05) is 19.4 Å². The molecule has 1 aromatic heterocycles. The highest BCUT2D eigenvalue weighted by atomic mass is 16.5. The molecular formula is C13H18N4O4. The van der Waals surface area contributed by atoms with E-state index in [0.717, 1.165) is 4.90 Å². The summed E-state index contributed by atoms with van der Waals surface area (Å²) >= 11 is 0. The number of carbonyl (C=O) groups excluding carboxylic acids is 3. The number of anilines is 1. The lowest BCUT2D eigenvalue weighted by molar-refractivity contribution is -0.137. The molecular weight excluding hydrogens is 276 g/mol. The van der Waals surface area contributed by atoms with Gasteiger partial charge in [-0.25, -0.2) is 9.78 Å². The van der Waals surface area contributed by atoms with E-state index in [1.54, 1.807) is 6.92 Å². The molecule has 114 valence electrons. The number of carbonyl (C=O) groups is 3. The number of amides is 2. The van der Waals surface area contributed by atoms with Gasteiger partial charge in [0.2, 0.25) is 5.91 Å². The third-order valence-electron chi connectivity index (χ3n) is 3.48. The maximum absolute atomic E-state index is 12.1. The Bertz CT molecular complexity index is 608. The van der Waals surface area contributed by atoms with Gasteiger partial charge in [-0.1, -0.05) is 6.92 Å². The predicted octanol–water partition coefficient (Wildman–Crippen LogP) is 0.134. The summed E-state index contributed by atoms with van der Waals surface area (Å²) in [6.07, 6.45) is 0.496. The van der Waals surface area contributed by atoms with Crippen molar-refractivity contribution in [3.8, 4) is 0 Å². The van der Waals surface area contributed by atoms with Crippen molar-refractivity contribution in [3.05, 3.63) is 11.5 Å². The predicted molar refractivity (Wildman–Crippen MR) is 73.4 cm³/mol. The minimum Gasteiger partial charge on any atom is -0.461 e. The first-order valence-electron chi connectivity index (χ1n) is 6.76.